The summed E-state index contributed by atoms with van der Waals surface area (Å²) < 4.78 is 16.1. The number of thioether (sulfide) groups is 1. The summed E-state index contributed by atoms with van der Waals surface area (Å²) in [5.74, 6) is -0.613. The Morgan fingerprint density at radius 1 is 1.00 bits per heavy atom. The number of nitrogens with zero attached hydrogens (tertiary/aromatic N) is 3. The molecule has 1 heterocycles. The van der Waals surface area contributed by atoms with E-state index in [9.17, 15) is 14.0 Å². The van der Waals surface area contributed by atoms with E-state index in [4.69, 9.17) is 0 Å². The van der Waals surface area contributed by atoms with Crippen molar-refractivity contribution in [2.24, 2.45) is 0 Å². The highest BCUT2D eigenvalue weighted by Gasteiger charge is 2.20. The van der Waals surface area contributed by atoms with Crippen molar-refractivity contribution in [3.05, 3.63) is 60.4 Å². The zero-order valence-corrected chi connectivity index (χ0v) is 18.4. The lowest BCUT2D eigenvalue weighted by molar-refractivity contribution is -0.125. The molecule has 0 aliphatic rings. The van der Waals surface area contributed by atoms with Gasteiger partial charge in [-0.2, -0.15) is 0 Å². The number of para-hydroxylation sites is 1. The van der Waals surface area contributed by atoms with Gasteiger partial charge in [-0.3, -0.25) is 14.2 Å². The zero-order valence-electron chi connectivity index (χ0n) is 17.6. The molecule has 3 aromatic rings. The van der Waals surface area contributed by atoms with Gasteiger partial charge < -0.3 is 10.6 Å². The number of hydrogen-bond acceptors (Lipinski definition) is 5. The molecular weight excluding hydrogens is 417 g/mol. The molecule has 0 aliphatic heterocycles. The normalized spacial score (nSPS) is 11.2. The second kappa shape index (κ2) is 9.74. The van der Waals surface area contributed by atoms with Crippen molar-refractivity contribution in [3.8, 4) is 17.1 Å². The van der Waals surface area contributed by atoms with Crippen molar-refractivity contribution in [1.82, 2.24) is 25.4 Å². The smallest absolute Gasteiger partial charge is 0.239 e. The lowest BCUT2D eigenvalue weighted by atomic mass is 10.1. The molecule has 0 saturated carbocycles. The zero-order chi connectivity index (χ0) is 22.4. The minimum Gasteiger partial charge on any atom is -0.350 e. The third kappa shape index (κ3) is 6.14. The number of carbonyl (C=O) groups is 2. The Labute approximate surface area is 184 Å². The molecular formula is C22H24FN5O2S. The number of amides is 2. The summed E-state index contributed by atoms with van der Waals surface area (Å²) in [7, 11) is 0. The van der Waals surface area contributed by atoms with Crippen LogP contribution in [0.15, 0.2) is 59.8 Å². The molecule has 9 heteroatoms. The molecule has 31 heavy (non-hydrogen) atoms. The van der Waals surface area contributed by atoms with Crippen LogP contribution in [0.4, 0.5) is 4.39 Å². The molecule has 0 unspecified atom stereocenters. The summed E-state index contributed by atoms with van der Waals surface area (Å²) in [5, 5.41) is 14.2. The third-order valence-electron chi connectivity index (χ3n) is 4.06. The fourth-order valence-corrected chi connectivity index (χ4v) is 3.59. The van der Waals surface area contributed by atoms with Crippen LogP contribution in [0.3, 0.4) is 0 Å². The molecule has 3 rings (SSSR count). The van der Waals surface area contributed by atoms with Crippen LogP contribution in [0.1, 0.15) is 20.8 Å². The first-order valence-corrected chi connectivity index (χ1v) is 10.7. The molecule has 0 atom stereocenters. The maximum atomic E-state index is 14.4. The fraction of sp³-hybridized carbons (Fsp3) is 0.273. The van der Waals surface area contributed by atoms with E-state index in [1.165, 1.54) is 6.07 Å². The minimum absolute atomic E-state index is 0.0328. The summed E-state index contributed by atoms with van der Waals surface area (Å²) in [6, 6.07) is 15.6. The van der Waals surface area contributed by atoms with E-state index in [1.54, 1.807) is 22.8 Å². The van der Waals surface area contributed by atoms with E-state index in [2.05, 4.69) is 20.8 Å². The van der Waals surface area contributed by atoms with Gasteiger partial charge in [0.05, 0.1) is 17.9 Å². The SMILES string of the molecule is CC(C)(C)NC(=O)CNC(=O)CSc1nnc(-c2ccccc2F)n1-c1ccccc1. The summed E-state index contributed by atoms with van der Waals surface area (Å²) in [5.41, 5.74) is 0.693. The molecule has 0 aliphatic carbocycles. The van der Waals surface area contributed by atoms with Crippen molar-refractivity contribution < 1.29 is 14.0 Å². The highest BCUT2D eigenvalue weighted by atomic mass is 32.2. The molecule has 0 bridgehead atoms. The van der Waals surface area contributed by atoms with Gasteiger partial charge in [-0.05, 0) is 45.0 Å². The topological polar surface area (TPSA) is 88.9 Å². The van der Waals surface area contributed by atoms with E-state index < -0.39 is 5.82 Å². The average molecular weight is 442 g/mol. The Kier molecular flexibility index (Phi) is 7.06. The van der Waals surface area contributed by atoms with Crippen LogP contribution in [-0.2, 0) is 9.59 Å². The van der Waals surface area contributed by atoms with Gasteiger partial charge in [-0.15, -0.1) is 10.2 Å². The Hall–Kier alpha value is -3.20. The Morgan fingerprint density at radius 2 is 1.68 bits per heavy atom. The van der Waals surface area contributed by atoms with Crippen LogP contribution in [0.25, 0.3) is 17.1 Å². The van der Waals surface area contributed by atoms with Gasteiger partial charge in [0.2, 0.25) is 11.8 Å². The molecule has 0 radical (unpaired) electrons. The molecule has 2 aromatic carbocycles. The Morgan fingerprint density at radius 3 is 2.35 bits per heavy atom. The summed E-state index contributed by atoms with van der Waals surface area (Å²) in [6.07, 6.45) is 0. The largest absolute Gasteiger partial charge is 0.350 e. The minimum atomic E-state index is -0.411. The first-order chi connectivity index (χ1) is 14.7. The van der Waals surface area contributed by atoms with E-state index in [0.29, 0.717) is 16.5 Å². The first-order valence-electron chi connectivity index (χ1n) is 9.71. The highest BCUT2D eigenvalue weighted by Crippen LogP contribution is 2.29. The molecule has 1 aromatic heterocycles. The van der Waals surface area contributed by atoms with Crippen LogP contribution in [0, 0.1) is 5.82 Å². The predicted octanol–water partition coefficient (Wildman–Crippen LogP) is 3.20. The summed E-state index contributed by atoms with van der Waals surface area (Å²) in [6.45, 7) is 5.49. The maximum Gasteiger partial charge on any atom is 0.239 e. The predicted molar refractivity (Wildman–Crippen MR) is 118 cm³/mol. The second-order valence-electron chi connectivity index (χ2n) is 7.82. The average Bonchev–Trinajstić information content (AvgIpc) is 3.14. The first kappa shape index (κ1) is 22.5. The highest BCUT2D eigenvalue weighted by molar-refractivity contribution is 7.99. The quantitative estimate of drug-likeness (QED) is 0.550. The molecule has 0 spiro atoms. The lowest BCUT2D eigenvalue weighted by Crippen LogP contribution is -2.46. The maximum absolute atomic E-state index is 14.4. The number of benzene rings is 2. The van der Waals surface area contributed by atoms with Crippen molar-refractivity contribution in [2.75, 3.05) is 12.3 Å². The molecule has 2 N–H and O–H groups in total. The van der Waals surface area contributed by atoms with Crippen molar-refractivity contribution >= 4 is 23.6 Å². The number of nitrogens with one attached hydrogen (secondary N) is 2. The molecule has 0 fully saturated rings. The molecule has 0 saturated heterocycles. The number of halogens is 1. The van der Waals surface area contributed by atoms with Gasteiger partial charge in [0, 0.05) is 11.2 Å². The molecule has 162 valence electrons. The van der Waals surface area contributed by atoms with Crippen LogP contribution < -0.4 is 10.6 Å². The summed E-state index contributed by atoms with van der Waals surface area (Å²) in [4.78, 5) is 24.1. The van der Waals surface area contributed by atoms with E-state index in [-0.39, 0.29) is 29.7 Å². The van der Waals surface area contributed by atoms with Crippen molar-refractivity contribution in [1.29, 1.82) is 0 Å². The van der Waals surface area contributed by atoms with E-state index >= 15 is 0 Å². The standard InChI is InChI=1S/C22H24FN5O2S/c1-22(2,3)25-18(29)13-24-19(30)14-31-21-27-26-20(16-11-7-8-12-17(16)23)28(21)15-9-5-4-6-10-15/h4-12H,13-14H2,1-3H3,(H,24,30)(H,25,29). The number of rotatable bonds is 7. The number of hydrogen-bond donors (Lipinski definition) is 2. The van der Waals surface area contributed by atoms with Gasteiger partial charge in [0.15, 0.2) is 11.0 Å². The monoisotopic (exact) mass is 441 g/mol. The van der Waals surface area contributed by atoms with E-state index in [0.717, 1.165) is 17.4 Å². The Bertz CT molecular complexity index is 1060. The number of carbonyl (C=O) groups excluding carboxylic acids is 2. The van der Waals surface area contributed by atoms with Crippen molar-refractivity contribution in [3.63, 3.8) is 0 Å². The fourth-order valence-electron chi connectivity index (χ4n) is 2.81. The van der Waals surface area contributed by atoms with Crippen LogP contribution >= 0.6 is 11.8 Å². The Balaban J connectivity index is 1.75. The van der Waals surface area contributed by atoms with E-state index in [1.807, 2.05) is 51.1 Å². The molecule has 7 nitrogen and oxygen atoms in total. The third-order valence-corrected chi connectivity index (χ3v) is 4.98. The number of aromatic nitrogens is 3. The lowest BCUT2D eigenvalue weighted by Gasteiger charge is -2.20. The van der Waals surface area contributed by atoms with Gasteiger partial charge in [-0.1, -0.05) is 42.1 Å². The van der Waals surface area contributed by atoms with Gasteiger partial charge >= 0.3 is 0 Å². The van der Waals surface area contributed by atoms with Gasteiger partial charge in [0.25, 0.3) is 0 Å². The van der Waals surface area contributed by atoms with Crippen LogP contribution in [0.2, 0.25) is 0 Å². The van der Waals surface area contributed by atoms with Gasteiger partial charge in [0.1, 0.15) is 5.82 Å². The summed E-state index contributed by atoms with van der Waals surface area (Å²) >= 11 is 1.16. The van der Waals surface area contributed by atoms with Crippen LogP contribution in [-0.4, -0.2) is 44.4 Å². The second-order valence-corrected chi connectivity index (χ2v) is 8.76. The van der Waals surface area contributed by atoms with Crippen molar-refractivity contribution in [2.45, 2.75) is 31.5 Å². The van der Waals surface area contributed by atoms with Gasteiger partial charge in [-0.25, -0.2) is 4.39 Å². The molecule has 2 amide bonds. The van der Waals surface area contributed by atoms with Crippen LogP contribution in [0.5, 0.6) is 0 Å².